The molecule has 0 saturated carbocycles. The normalized spacial score (nSPS) is 17.6. The van der Waals surface area contributed by atoms with Gasteiger partial charge in [0.25, 0.3) is 5.91 Å². The second-order valence-electron chi connectivity index (χ2n) is 5.92. The fourth-order valence-electron chi connectivity index (χ4n) is 2.88. The van der Waals surface area contributed by atoms with Crippen LogP contribution in [-0.2, 0) is 9.59 Å². The summed E-state index contributed by atoms with van der Waals surface area (Å²) in [5, 5.41) is 6.03. The Hall–Kier alpha value is -2.08. The van der Waals surface area contributed by atoms with Crippen molar-refractivity contribution in [1.29, 1.82) is 0 Å². The molecular weight excluding hydrogens is 330 g/mol. The van der Waals surface area contributed by atoms with Crippen LogP contribution in [-0.4, -0.2) is 34.8 Å². The third-order valence-corrected chi connectivity index (χ3v) is 4.85. The highest BCUT2D eigenvalue weighted by Gasteiger charge is 2.49. The quantitative estimate of drug-likeness (QED) is 0.773. The van der Waals surface area contributed by atoms with E-state index in [0.717, 1.165) is 10.5 Å². The van der Waals surface area contributed by atoms with Crippen molar-refractivity contribution in [2.24, 2.45) is 0 Å². The van der Waals surface area contributed by atoms with E-state index in [1.807, 2.05) is 32.0 Å². The number of imide groups is 1. The minimum absolute atomic E-state index is 0.304. The SMILES string of the molecule is CCC1(CC)NC(=O)N(CC(=O)NC(C)c2ccccc2Cl)C1=O. The van der Waals surface area contributed by atoms with Gasteiger partial charge in [0.1, 0.15) is 12.1 Å². The highest BCUT2D eigenvalue weighted by atomic mass is 35.5. The maximum atomic E-state index is 12.5. The molecule has 1 aromatic carbocycles. The van der Waals surface area contributed by atoms with E-state index in [0.29, 0.717) is 17.9 Å². The van der Waals surface area contributed by atoms with E-state index in [-0.39, 0.29) is 18.5 Å². The van der Waals surface area contributed by atoms with E-state index in [1.165, 1.54) is 0 Å². The summed E-state index contributed by atoms with van der Waals surface area (Å²) in [6.07, 6.45) is 0.977. The van der Waals surface area contributed by atoms with E-state index >= 15 is 0 Å². The van der Waals surface area contributed by atoms with Crippen molar-refractivity contribution in [2.75, 3.05) is 6.54 Å². The minimum Gasteiger partial charge on any atom is -0.348 e. The number of carbonyl (C=O) groups excluding carboxylic acids is 3. The Morgan fingerprint density at radius 1 is 1.29 bits per heavy atom. The summed E-state index contributed by atoms with van der Waals surface area (Å²) in [5.74, 6) is -0.757. The summed E-state index contributed by atoms with van der Waals surface area (Å²) in [6.45, 7) is 5.17. The van der Waals surface area contributed by atoms with Gasteiger partial charge in [-0.15, -0.1) is 0 Å². The third kappa shape index (κ3) is 3.38. The standard InChI is InChI=1S/C17H22ClN3O3/c1-4-17(5-2)15(23)21(16(24)20-17)10-14(22)19-11(3)12-8-6-7-9-13(12)18/h6-9,11H,4-5,10H2,1-3H3,(H,19,22)(H,20,24). The summed E-state index contributed by atoms with van der Waals surface area (Å²) < 4.78 is 0. The van der Waals surface area contributed by atoms with Crippen LogP contribution in [0.1, 0.15) is 45.2 Å². The molecule has 1 unspecified atom stereocenters. The number of amides is 4. The van der Waals surface area contributed by atoms with E-state index in [9.17, 15) is 14.4 Å². The largest absolute Gasteiger partial charge is 0.348 e. The molecule has 1 heterocycles. The zero-order valence-corrected chi connectivity index (χ0v) is 14.8. The molecule has 1 aromatic rings. The highest BCUT2D eigenvalue weighted by Crippen LogP contribution is 2.25. The van der Waals surface area contributed by atoms with Gasteiger partial charge in [-0.25, -0.2) is 4.79 Å². The molecule has 0 spiro atoms. The maximum absolute atomic E-state index is 12.5. The van der Waals surface area contributed by atoms with Gasteiger partial charge in [0, 0.05) is 5.02 Å². The van der Waals surface area contributed by atoms with Crippen molar-refractivity contribution in [2.45, 2.75) is 45.2 Å². The number of halogens is 1. The Kier molecular flexibility index (Phi) is 5.49. The number of nitrogens with one attached hydrogen (secondary N) is 2. The van der Waals surface area contributed by atoms with E-state index in [2.05, 4.69) is 10.6 Å². The topological polar surface area (TPSA) is 78.5 Å². The monoisotopic (exact) mass is 351 g/mol. The van der Waals surface area contributed by atoms with Gasteiger partial charge < -0.3 is 10.6 Å². The van der Waals surface area contributed by atoms with E-state index in [4.69, 9.17) is 11.6 Å². The molecule has 0 radical (unpaired) electrons. The molecule has 6 nitrogen and oxygen atoms in total. The van der Waals surface area contributed by atoms with Crippen molar-refractivity contribution in [1.82, 2.24) is 15.5 Å². The van der Waals surface area contributed by atoms with Crippen LogP contribution in [0.25, 0.3) is 0 Å². The van der Waals surface area contributed by atoms with E-state index in [1.54, 1.807) is 13.0 Å². The number of rotatable bonds is 6. The molecule has 1 aliphatic heterocycles. The van der Waals surface area contributed by atoms with Crippen molar-refractivity contribution in [3.05, 3.63) is 34.9 Å². The summed E-state index contributed by atoms with van der Waals surface area (Å²) in [5.41, 5.74) is -0.118. The first kappa shape index (κ1) is 18.3. The van der Waals surface area contributed by atoms with Crippen molar-refractivity contribution in [3.63, 3.8) is 0 Å². The molecule has 130 valence electrons. The summed E-state index contributed by atoms with van der Waals surface area (Å²) in [7, 11) is 0. The Labute approximate surface area is 146 Å². The number of hydrogen-bond acceptors (Lipinski definition) is 3. The molecule has 7 heteroatoms. The molecule has 2 rings (SSSR count). The zero-order chi connectivity index (χ0) is 17.9. The summed E-state index contributed by atoms with van der Waals surface area (Å²) >= 11 is 6.11. The van der Waals surface area contributed by atoms with Crippen LogP contribution in [0.2, 0.25) is 5.02 Å². The molecule has 4 amide bonds. The Morgan fingerprint density at radius 3 is 2.46 bits per heavy atom. The van der Waals surface area contributed by atoms with Gasteiger partial charge in [0.2, 0.25) is 5.91 Å². The molecule has 24 heavy (non-hydrogen) atoms. The Morgan fingerprint density at radius 2 is 1.92 bits per heavy atom. The van der Waals surface area contributed by atoms with Gasteiger partial charge in [-0.3, -0.25) is 14.5 Å². The average molecular weight is 352 g/mol. The van der Waals surface area contributed by atoms with Crippen LogP contribution < -0.4 is 10.6 Å². The Bertz CT molecular complexity index is 658. The van der Waals surface area contributed by atoms with Crippen molar-refractivity contribution in [3.8, 4) is 0 Å². The number of nitrogens with zero attached hydrogens (tertiary/aromatic N) is 1. The molecule has 0 aliphatic carbocycles. The van der Waals surface area contributed by atoms with Gasteiger partial charge in [-0.05, 0) is 31.4 Å². The van der Waals surface area contributed by atoms with Crippen LogP contribution >= 0.6 is 11.6 Å². The van der Waals surface area contributed by atoms with E-state index < -0.39 is 17.5 Å². The predicted octanol–water partition coefficient (Wildman–Crippen LogP) is 2.63. The number of benzene rings is 1. The predicted molar refractivity (Wildman–Crippen MR) is 91.6 cm³/mol. The summed E-state index contributed by atoms with van der Waals surface area (Å²) in [4.78, 5) is 37.8. The second-order valence-corrected chi connectivity index (χ2v) is 6.33. The van der Waals surface area contributed by atoms with Gasteiger partial charge in [-0.2, -0.15) is 0 Å². The molecular formula is C17H22ClN3O3. The lowest BCUT2D eigenvalue weighted by Gasteiger charge is -2.23. The van der Waals surface area contributed by atoms with Crippen LogP contribution in [0, 0.1) is 0 Å². The number of hydrogen-bond donors (Lipinski definition) is 2. The highest BCUT2D eigenvalue weighted by molar-refractivity contribution is 6.31. The molecule has 1 fully saturated rings. The molecule has 0 aromatic heterocycles. The first-order valence-electron chi connectivity index (χ1n) is 8.02. The molecule has 1 atom stereocenters. The van der Waals surface area contributed by atoms with Crippen LogP contribution in [0.4, 0.5) is 4.79 Å². The van der Waals surface area contributed by atoms with Gasteiger partial charge in [-0.1, -0.05) is 43.6 Å². The van der Waals surface area contributed by atoms with Crippen LogP contribution in [0.15, 0.2) is 24.3 Å². The van der Waals surface area contributed by atoms with Gasteiger partial charge in [0.05, 0.1) is 6.04 Å². The smallest absolute Gasteiger partial charge is 0.325 e. The average Bonchev–Trinajstić information content (AvgIpc) is 2.79. The zero-order valence-electron chi connectivity index (χ0n) is 14.1. The lowest BCUT2D eigenvalue weighted by atomic mass is 9.93. The Balaban J connectivity index is 2.04. The summed E-state index contributed by atoms with van der Waals surface area (Å²) in [6, 6.07) is 6.35. The first-order valence-corrected chi connectivity index (χ1v) is 8.40. The van der Waals surface area contributed by atoms with Gasteiger partial charge in [0.15, 0.2) is 0 Å². The molecule has 1 saturated heterocycles. The molecule has 1 aliphatic rings. The maximum Gasteiger partial charge on any atom is 0.325 e. The fourth-order valence-corrected chi connectivity index (χ4v) is 3.18. The second kappa shape index (κ2) is 7.21. The van der Waals surface area contributed by atoms with Crippen molar-refractivity contribution < 1.29 is 14.4 Å². The molecule has 0 bridgehead atoms. The lowest BCUT2D eigenvalue weighted by molar-refractivity contribution is -0.135. The van der Waals surface area contributed by atoms with Crippen molar-refractivity contribution >= 4 is 29.4 Å². The minimum atomic E-state index is -0.897. The fraction of sp³-hybridized carbons (Fsp3) is 0.471. The number of urea groups is 1. The van der Waals surface area contributed by atoms with Crippen LogP contribution in [0.5, 0.6) is 0 Å². The third-order valence-electron chi connectivity index (χ3n) is 4.50. The lowest BCUT2D eigenvalue weighted by Crippen LogP contribution is -2.46. The molecule has 2 N–H and O–H groups in total. The first-order chi connectivity index (χ1) is 11.3. The number of carbonyl (C=O) groups is 3. The van der Waals surface area contributed by atoms with Gasteiger partial charge >= 0.3 is 6.03 Å². The van der Waals surface area contributed by atoms with Crippen LogP contribution in [0.3, 0.4) is 0 Å².